The number of thiophene rings is 1. The molecule has 0 atom stereocenters. The monoisotopic (exact) mass is 622 g/mol. The molecule has 0 amide bonds. The van der Waals surface area contributed by atoms with Gasteiger partial charge in [-0.1, -0.05) is 130 Å². The zero-order valence-electron chi connectivity index (χ0n) is 26.7. The molecule has 0 spiro atoms. The number of fused-ring (bicyclic) bond motifs is 3. The number of aromatic nitrogens is 2. The Hall–Kier alpha value is -5.38. The Kier molecular flexibility index (Phi) is 7.27. The van der Waals surface area contributed by atoms with Crippen molar-refractivity contribution in [1.82, 2.24) is 9.97 Å². The van der Waals surface area contributed by atoms with Crippen LogP contribution >= 0.6 is 11.3 Å². The number of hydrogen-bond donors (Lipinski definition) is 0. The van der Waals surface area contributed by atoms with Crippen LogP contribution in [0.3, 0.4) is 0 Å². The average molecular weight is 623 g/mol. The Morgan fingerprint density at radius 2 is 0.979 bits per heavy atom. The fourth-order valence-corrected chi connectivity index (χ4v) is 7.33. The minimum atomic E-state index is 0.0450. The Labute approximate surface area is 280 Å². The van der Waals surface area contributed by atoms with Gasteiger partial charge in [0.1, 0.15) is 0 Å². The fraction of sp³-hybridized carbons (Fsp3) is 0.0909. The lowest BCUT2D eigenvalue weighted by Crippen LogP contribution is -2.10. The first-order valence-electron chi connectivity index (χ1n) is 16.1. The zero-order valence-corrected chi connectivity index (χ0v) is 27.6. The van der Waals surface area contributed by atoms with Crippen LogP contribution in [0, 0.1) is 0 Å². The summed E-state index contributed by atoms with van der Waals surface area (Å²) in [5.41, 5.74) is 11.0. The number of rotatable bonds is 5. The predicted octanol–water partition coefficient (Wildman–Crippen LogP) is 12.5. The minimum absolute atomic E-state index is 0.0450. The van der Waals surface area contributed by atoms with Gasteiger partial charge in [-0.25, -0.2) is 9.97 Å². The van der Waals surface area contributed by atoms with Crippen molar-refractivity contribution >= 4 is 31.5 Å². The third-order valence-electron chi connectivity index (χ3n) is 8.83. The van der Waals surface area contributed by atoms with E-state index in [1.54, 1.807) is 0 Å². The highest BCUT2D eigenvalue weighted by Crippen LogP contribution is 2.39. The van der Waals surface area contributed by atoms with E-state index in [2.05, 4.69) is 148 Å². The van der Waals surface area contributed by atoms with Crippen molar-refractivity contribution in [2.75, 3.05) is 0 Å². The molecule has 0 unspecified atom stereocenters. The second-order valence-corrected chi connectivity index (χ2v) is 14.2. The maximum Gasteiger partial charge on any atom is 0.160 e. The topological polar surface area (TPSA) is 25.8 Å². The van der Waals surface area contributed by atoms with E-state index in [1.165, 1.54) is 42.4 Å². The van der Waals surface area contributed by atoms with Crippen molar-refractivity contribution in [3.63, 3.8) is 0 Å². The molecule has 8 rings (SSSR count). The van der Waals surface area contributed by atoms with E-state index >= 15 is 0 Å². The van der Waals surface area contributed by atoms with Crippen molar-refractivity contribution in [1.29, 1.82) is 0 Å². The fourth-order valence-electron chi connectivity index (χ4n) is 6.25. The molecule has 226 valence electrons. The van der Waals surface area contributed by atoms with E-state index in [9.17, 15) is 0 Å². The van der Waals surface area contributed by atoms with Crippen LogP contribution in [0.1, 0.15) is 26.3 Å². The molecule has 2 aromatic heterocycles. The van der Waals surface area contributed by atoms with Crippen molar-refractivity contribution in [3.05, 3.63) is 157 Å². The summed E-state index contributed by atoms with van der Waals surface area (Å²) in [6.07, 6.45) is 0. The lowest BCUT2D eigenvalue weighted by molar-refractivity contribution is 0.590. The van der Waals surface area contributed by atoms with Gasteiger partial charge in [0.15, 0.2) is 5.82 Å². The molecule has 8 aromatic rings. The summed E-state index contributed by atoms with van der Waals surface area (Å²) in [6.45, 7) is 6.81. The molecule has 0 aliphatic heterocycles. The van der Waals surface area contributed by atoms with Crippen LogP contribution in [0.25, 0.3) is 76.3 Å². The molecule has 0 saturated heterocycles. The zero-order chi connectivity index (χ0) is 32.0. The van der Waals surface area contributed by atoms with E-state index in [-0.39, 0.29) is 5.41 Å². The summed E-state index contributed by atoms with van der Waals surface area (Å²) >= 11 is 1.85. The highest BCUT2D eigenvalue weighted by Gasteiger charge is 2.17. The van der Waals surface area contributed by atoms with Crippen LogP contribution in [-0.2, 0) is 5.41 Å². The molecular formula is C44H34N2S. The Balaban J connectivity index is 1.36. The highest BCUT2D eigenvalue weighted by molar-refractivity contribution is 7.25. The third-order valence-corrected chi connectivity index (χ3v) is 9.98. The van der Waals surface area contributed by atoms with Gasteiger partial charge in [0.2, 0.25) is 0 Å². The second kappa shape index (κ2) is 11.8. The first-order chi connectivity index (χ1) is 22.9. The third kappa shape index (κ3) is 5.75. The summed E-state index contributed by atoms with van der Waals surface area (Å²) in [4.78, 5) is 10.2. The number of nitrogens with zero attached hydrogens (tertiary/aromatic N) is 2. The summed E-state index contributed by atoms with van der Waals surface area (Å²) in [5.74, 6) is 0.717. The van der Waals surface area contributed by atoms with E-state index < -0.39 is 0 Å². The van der Waals surface area contributed by atoms with E-state index in [0.29, 0.717) is 0 Å². The molecule has 0 fully saturated rings. The smallest absolute Gasteiger partial charge is 0.160 e. The van der Waals surface area contributed by atoms with Gasteiger partial charge in [0, 0.05) is 36.9 Å². The van der Waals surface area contributed by atoms with Gasteiger partial charge < -0.3 is 0 Å². The SMILES string of the molecule is CC(C)(C)c1cccc(-c2cc(-c3ccc4sc5ccccc5c4c3)cc(-c3cc(-c4ccccc4)nc(-c4ccccc4)n3)c2)c1. The lowest BCUT2D eigenvalue weighted by atomic mass is 9.85. The summed E-state index contributed by atoms with van der Waals surface area (Å²) in [7, 11) is 0. The summed E-state index contributed by atoms with van der Waals surface area (Å²) in [6, 6.07) is 54.2. The summed E-state index contributed by atoms with van der Waals surface area (Å²) in [5, 5.41) is 2.60. The van der Waals surface area contributed by atoms with Gasteiger partial charge in [0.05, 0.1) is 11.4 Å². The Morgan fingerprint density at radius 1 is 0.404 bits per heavy atom. The van der Waals surface area contributed by atoms with Gasteiger partial charge in [-0.2, -0.15) is 0 Å². The maximum atomic E-state index is 5.20. The molecular weight excluding hydrogens is 589 g/mol. The molecule has 2 heterocycles. The number of benzene rings is 6. The maximum absolute atomic E-state index is 5.20. The van der Waals surface area contributed by atoms with Crippen molar-refractivity contribution in [3.8, 4) is 56.2 Å². The first kappa shape index (κ1) is 29.1. The van der Waals surface area contributed by atoms with E-state index in [0.717, 1.165) is 39.5 Å². The Morgan fingerprint density at radius 3 is 1.70 bits per heavy atom. The second-order valence-electron chi connectivity index (χ2n) is 13.1. The van der Waals surface area contributed by atoms with Crippen LogP contribution in [0.4, 0.5) is 0 Å². The van der Waals surface area contributed by atoms with Gasteiger partial charge >= 0.3 is 0 Å². The van der Waals surface area contributed by atoms with Gasteiger partial charge in [-0.3, -0.25) is 0 Å². The highest BCUT2D eigenvalue weighted by atomic mass is 32.1. The molecule has 0 bridgehead atoms. The quantitative estimate of drug-likeness (QED) is 0.191. The molecule has 0 saturated carbocycles. The largest absolute Gasteiger partial charge is 0.228 e. The molecule has 0 radical (unpaired) electrons. The number of hydrogen-bond acceptors (Lipinski definition) is 3. The molecule has 47 heavy (non-hydrogen) atoms. The molecule has 2 nitrogen and oxygen atoms in total. The Bertz CT molecular complexity index is 2320. The van der Waals surface area contributed by atoms with E-state index in [1.807, 2.05) is 35.6 Å². The van der Waals surface area contributed by atoms with Gasteiger partial charge in [0.25, 0.3) is 0 Å². The van der Waals surface area contributed by atoms with Crippen LogP contribution in [0.15, 0.2) is 152 Å². The molecule has 0 N–H and O–H groups in total. The lowest BCUT2D eigenvalue weighted by Gasteiger charge is -2.20. The molecule has 0 aliphatic rings. The molecule has 3 heteroatoms. The predicted molar refractivity (Wildman–Crippen MR) is 201 cm³/mol. The minimum Gasteiger partial charge on any atom is -0.228 e. The van der Waals surface area contributed by atoms with Crippen LogP contribution in [-0.4, -0.2) is 9.97 Å². The van der Waals surface area contributed by atoms with Crippen LogP contribution in [0.5, 0.6) is 0 Å². The van der Waals surface area contributed by atoms with Gasteiger partial charge in [-0.15, -0.1) is 11.3 Å². The van der Waals surface area contributed by atoms with Crippen LogP contribution < -0.4 is 0 Å². The average Bonchev–Trinajstić information content (AvgIpc) is 3.50. The van der Waals surface area contributed by atoms with Gasteiger partial charge in [-0.05, 0) is 75.7 Å². The standard InChI is InChI=1S/C44H34N2S/c1-44(2,3)36-18-12-17-31(26-36)33-23-34(32-21-22-42-38(27-32)37-19-10-11-20-41(37)47-42)25-35(24-33)40-28-39(29-13-6-4-7-14-29)45-43(46-40)30-15-8-5-9-16-30/h4-28H,1-3H3. The van der Waals surface area contributed by atoms with E-state index in [4.69, 9.17) is 9.97 Å². The summed E-state index contributed by atoms with van der Waals surface area (Å²) < 4.78 is 2.62. The normalized spacial score (nSPS) is 11.7. The molecule has 0 aliphatic carbocycles. The van der Waals surface area contributed by atoms with Crippen LogP contribution in [0.2, 0.25) is 0 Å². The molecule has 6 aromatic carbocycles. The first-order valence-corrected chi connectivity index (χ1v) is 16.9. The van der Waals surface area contributed by atoms with Crippen molar-refractivity contribution in [2.45, 2.75) is 26.2 Å². The van der Waals surface area contributed by atoms with Crippen molar-refractivity contribution in [2.24, 2.45) is 0 Å². The van der Waals surface area contributed by atoms with Crippen molar-refractivity contribution < 1.29 is 0 Å².